The number of hydrogen-bond acceptors (Lipinski definition) is 5. The number of hydrogen-bond donors (Lipinski definition) is 0. The molecule has 0 fully saturated rings. The molecule has 0 unspecified atom stereocenters. The van der Waals surface area contributed by atoms with Crippen molar-refractivity contribution in [1.29, 1.82) is 0 Å². The van der Waals surface area contributed by atoms with Gasteiger partial charge in [-0.2, -0.15) is 0 Å². The lowest BCUT2D eigenvalue weighted by molar-refractivity contribution is -0.255. The second-order valence-corrected chi connectivity index (χ2v) is 4.20. The predicted octanol–water partition coefficient (Wildman–Crippen LogP) is 0.246. The largest absolute Gasteiger partial charge is 0.545 e. The predicted molar refractivity (Wildman–Crippen MR) is 66.1 cm³/mol. The fourth-order valence-corrected chi connectivity index (χ4v) is 2.09. The molecule has 0 saturated heterocycles. The number of pyridine rings is 1. The van der Waals surface area contributed by atoms with E-state index in [9.17, 15) is 19.5 Å². The second kappa shape index (κ2) is 4.27. The van der Waals surface area contributed by atoms with Crippen LogP contribution in [0, 0.1) is 0 Å². The first-order valence-corrected chi connectivity index (χ1v) is 5.74. The average molecular weight is 267 g/mol. The van der Waals surface area contributed by atoms with Gasteiger partial charge in [0.1, 0.15) is 0 Å². The Hall–Kier alpha value is -3.02. The topological polar surface area (TPSA) is 90.4 Å². The molecule has 1 aliphatic rings. The molecule has 3 rings (SSSR count). The number of fused-ring (bicyclic) bond motifs is 1. The Morgan fingerprint density at radius 2 is 1.85 bits per heavy atom. The van der Waals surface area contributed by atoms with Crippen molar-refractivity contribution < 1.29 is 19.5 Å². The Bertz CT molecular complexity index is 740. The Kier molecular flexibility index (Phi) is 2.57. The highest BCUT2D eigenvalue weighted by Gasteiger charge is 2.36. The Labute approximate surface area is 113 Å². The first kappa shape index (κ1) is 12.0. The van der Waals surface area contributed by atoms with E-state index in [0.29, 0.717) is 5.69 Å². The van der Waals surface area contributed by atoms with E-state index in [0.717, 1.165) is 11.0 Å². The molecule has 6 heteroatoms. The van der Waals surface area contributed by atoms with Crippen molar-refractivity contribution in [1.82, 2.24) is 4.98 Å². The summed E-state index contributed by atoms with van der Waals surface area (Å²) in [6.45, 7) is 0. The number of carboxylic acids is 1. The van der Waals surface area contributed by atoms with Crippen molar-refractivity contribution in [3.8, 4) is 0 Å². The van der Waals surface area contributed by atoms with Gasteiger partial charge in [0.15, 0.2) is 0 Å². The SMILES string of the molecule is O=C([O-])c1ccc2c(c1)C(=O)N(c1cccnc1)C2=O. The third-order valence-corrected chi connectivity index (χ3v) is 3.03. The van der Waals surface area contributed by atoms with Gasteiger partial charge < -0.3 is 9.90 Å². The summed E-state index contributed by atoms with van der Waals surface area (Å²) in [5.41, 5.74) is 0.427. The summed E-state index contributed by atoms with van der Waals surface area (Å²) >= 11 is 0. The summed E-state index contributed by atoms with van der Waals surface area (Å²) in [6, 6.07) is 6.89. The van der Waals surface area contributed by atoms with Gasteiger partial charge in [0.2, 0.25) is 0 Å². The van der Waals surface area contributed by atoms with E-state index >= 15 is 0 Å². The van der Waals surface area contributed by atoms with E-state index in [1.165, 1.54) is 24.5 Å². The van der Waals surface area contributed by atoms with Gasteiger partial charge in [0.05, 0.1) is 29.0 Å². The maximum atomic E-state index is 12.2. The fourth-order valence-electron chi connectivity index (χ4n) is 2.09. The second-order valence-electron chi connectivity index (χ2n) is 4.20. The summed E-state index contributed by atoms with van der Waals surface area (Å²) in [5, 5.41) is 10.8. The molecule has 1 aromatic carbocycles. The summed E-state index contributed by atoms with van der Waals surface area (Å²) in [7, 11) is 0. The summed E-state index contributed by atoms with van der Waals surface area (Å²) in [4.78, 5) is 40.1. The third-order valence-electron chi connectivity index (χ3n) is 3.03. The molecule has 0 spiro atoms. The van der Waals surface area contributed by atoms with Crippen LogP contribution in [-0.4, -0.2) is 22.8 Å². The summed E-state index contributed by atoms with van der Waals surface area (Å²) < 4.78 is 0. The van der Waals surface area contributed by atoms with Crippen LogP contribution >= 0.6 is 0 Å². The Morgan fingerprint density at radius 1 is 1.10 bits per heavy atom. The minimum absolute atomic E-state index is 0.0561. The third kappa shape index (κ3) is 1.66. The monoisotopic (exact) mass is 267 g/mol. The number of anilines is 1. The fraction of sp³-hybridized carbons (Fsp3) is 0. The van der Waals surface area contributed by atoms with Crippen molar-refractivity contribution in [3.63, 3.8) is 0 Å². The van der Waals surface area contributed by atoms with Crippen LogP contribution in [0.2, 0.25) is 0 Å². The molecular weight excluding hydrogens is 260 g/mol. The van der Waals surface area contributed by atoms with Crippen LogP contribution in [0.1, 0.15) is 31.1 Å². The van der Waals surface area contributed by atoms with Crippen molar-refractivity contribution >= 4 is 23.5 Å². The van der Waals surface area contributed by atoms with Gasteiger partial charge in [0, 0.05) is 6.20 Å². The molecule has 1 aliphatic heterocycles. The molecule has 0 saturated carbocycles. The quantitative estimate of drug-likeness (QED) is 0.727. The molecule has 0 radical (unpaired) electrons. The molecule has 0 N–H and O–H groups in total. The lowest BCUT2D eigenvalue weighted by atomic mass is 10.1. The number of rotatable bonds is 2. The van der Waals surface area contributed by atoms with Crippen LogP contribution in [0.15, 0.2) is 42.7 Å². The van der Waals surface area contributed by atoms with Crippen LogP contribution in [0.25, 0.3) is 0 Å². The van der Waals surface area contributed by atoms with Gasteiger partial charge in [0.25, 0.3) is 11.8 Å². The average Bonchev–Trinajstić information content (AvgIpc) is 2.71. The standard InChI is InChI=1S/C14H8N2O4/c17-12-10-4-3-8(14(19)20)6-11(10)13(18)16(12)9-2-1-5-15-7-9/h1-7H,(H,19,20)/p-1. The Balaban J connectivity index is 2.11. The highest BCUT2D eigenvalue weighted by Crippen LogP contribution is 2.28. The first-order chi connectivity index (χ1) is 9.59. The minimum Gasteiger partial charge on any atom is -0.545 e. The maximum Gasteiger partial charge on any atom is 0.266 e. The normalized spacial score (nSPS) is 13.5. The number of aromatic nitrogens is 1. The number of aromatic carboxylic acids is 1. The zero-order valence-electron chi connectivity index (χ0n) is 10.1. The number of carbonyl (C=O) groups excluding carboxylic acids is 3. The van der Waals surface area contributed by atoms with Gasteiger partial charge in [-0.15, -0.1) is 0 Å². The maximum absolute atomic E-state index is 12.2. The van der Waals surface area contributed by atoms with E-state index in [1.54, 1.807) is 12.1 Å². The number of nitrogens with zero attached hydrogens (tertiary/aromatic N) is 2. The van der Waals surface area contributed by atoms with Crippen molar-refractivity contribution in [2.75, 3.05) is 4.90 Å². The first-order valence-electron chi connectivity index (χ1n) is 5.74. The minimum atomic E-state index is -1.40. The zero-order chi connectivity index (χ0) is 14.3. The van der Waals surface area contributed by atoms with Gasteiger partial charge in [-0.25, -0.2) is 4.90 Å². The van der Waals surface area contributed by atoms with E-state index in [1.807, 2.05) is 0 Å². The lowest BCUT2D eigenvalue weighted by Gasteiger charge is -2.12. The van der Waals surface area contributed by atoms with Gasteiger partial charge in [-0.3, -0.25) is 14.6 Å². The molecule has 0 aliphatic carbocycles. The number of amides is 2. The van der Waals surface area contributed by atoms with Crippen molar-refractivity contribution in [2.24, 2.45) is 0 Å². The molecule has 6 nitrogen and oxygen atoms in total. The number of imide groups is 1. The zero-order valence-corrected chi connectivity index (χ0v) is 10.1. The number of benzene rings is 1. The molecule has 0 atom stereocenters. The molecule has 0 bridgehead atoms. The van der Waals surface area contributed by atoms with Crippen molar-refractivity contribution in [2.45, 2.75) is 0 Å². The van der Waals surface area contributed by atoms with Crippen LogP contribution in [0.3, 0.4) is 0 Å². The van der Waals surface area contributed by atoms with Crippen LogP contribution in [0.5, 0.6) is 0 Å². The van der Waals surface area contributed by atoms with Gasteiger partial charge in [-0.05, 0) is 29.8 Å². The smallest absolute Gasteiger partial charge is 0.266 e. The van der Waals surface area contributed by atoms with Gasteiger partial charge >= 0.3 is 0 Å². The molecule has 2 heterocycles. The van der Waals surface area contributed by atoms with E-state index in [-0.39, 0.29) is 16.7 Å². The highest BCUT2D eigenvalue weighted by atomic mass is 16.4. The molecule has 1 aromatic heterocycles. The van der Waals surface area contributed by atoms with Crippen LogP contribution < -0.4 is 10.0 Å². The summed E-state index contributed by atoms with van der Waals surface area (Å²) in [6.07, 6.45) is 2.91. The van der Waals surface area contributed by atoms with Crippen molar-refractivity contribution in [3.05, 3.63) is 59.4 Å². The molecular formula is C14H7N2O4-. The Morgan fingerprint density at radius 3 is 2.50 bits per heavy atom. The van der Waals surface area contributed by atoms with Crippen LogP contribution in [0.4, 0.5) is 5.69 Å². The number of carbonyl (C=O) groups is 3. The van der Waals surface area contributed by atoms with E-state index in [4.69, 9.17) is 0 Å². The van der Waals surface area contributed by atoms with Crippen LogP contribution in [-0.2, 0) is 0 Å². The lowest BCUT2D eigenvalue weighted by Crippen LogP contribution is -2.29. The summed E-state index contributed by atoms with van der Waals surface area (Å²) in [5.74, 6) is -2.46. The van der Waals surface area contributed by atoms with E-state index in [2.05, 4.69) is 4.98 Å². The van der Waals surface area contributed by atoms with E-state index < -0.39 is 17.8 Å². The molecule has 2 aromatic rings. The molecule has 20 heavy (non-hydrogen) atoms. The highest BCUT2D eigenvalue weighted by molar-refractivity contribution is 6.34. The molecule has 2 amide bonds. The molecule has 98 valence electrons. The van der Waals surface area contributed by atoms with Gasteiger partial charge in [-0.1, -0.05) is 6.07 Å². The number of carboxylic acid groups (broad SMARTS) is 1.